The first-order valence-corrected chi connectivity index (χ1v) is 4.61. The first kappa shape index (κ1) is 10.7. The molecule has 65 valence electrons. The van der Waals surface area contributed by atoms with Gasteiger partial charge in [-0.15, -0.1) is 0 Å². The molecule has 0 heterocycles. The quantitative estimate of drug-likeness (QED) is 0.526. The molecule has 1 radical (unpaired) electrons. The van der Waals surface area contributed by atoms with E-state index in [1.165, 1.54) is 19.3 Å². The van der Waals surface area contributed by atoms with Crippen LogP contribution in [0.3, 0.4) is 0 Å². The molecule has 0 spiro atoms. The van der Waals surface area contributed by atoms with Crippen LogP contribution < -0.4 is 0 Å². The number of hydrogen-bond acceptors (Lipinski definition) is 0. The Morgan fingerprint density at radius 1 is 1.36 bits per heavy atom. The van der Waals surface area contributed by atoms with E-state index in [0.717, 1.165) is 5.92 Å². The van der Waals surface area contributed by atoms with Gasteiger partial charge < -0.3 is 0 Å². The van der Waals surface area contributed by atoms with E-state index < -0.39 is 0 Å². The summed E-state index contributed by atoms with van der Waals surface area (Å²) in [5.41, 5.74) is 0. The average molecular weight is 153 g/mol. The molecule has 0 aromatic carbocycles. The van der Waals surface area contributed by atoms with Crippen LogP contribution in [-0.2, 0) is 0 Å². The monoisotopic (exact) mass is 153 g/mol. The van der Waals surface area contributed by atoms with Crippen LogP contribution in [0.2, 0.25) is 0 Å². The van der Waals surface area contributed by atoms with Gasteiger partial charge in [0, 0.05) is 0 Å². The largest absolute Gasteiger partial charge is 0.0917 e. The first-order chi connectivity index (χ1) is 5.16. The molecule has 2 atom stereocenters. The maximum atomic E-state index is 3.99. The molecule has 0 N–H and O–H groups in total. The van der Waals surface area contributed by atoms with E-state index in [2.05, 4.69) is 39.8 Å². The van der Waals surface area contributed by atoms with Crippen molar-refractivity contribution in [2.24, 2.45) is 11.8 Å². The molecule has 0 aliphatic rings. The minimum absolute atomic E-state index is 0.607. The van der Waals surface area contributed by atoms with Crippen molar-refractivity contribution < 1.29 is 0 Å². The zero-order valence-corrected chi connectivity index (χ0v) is 8.14. The highest BCUT2D eigenvalue weighted by atomic mass is 14.1. The minimum atomic E-state index is 0.607. The molecule has 0 aromatic rings. The van der Waals surface area contributed by atoms with Gasteiger partial charge >= 0.3 is 0 Å². The zero-order valence-electron chi connectivity index (χ0n) is 8.14. The lowest BCUT2D eigenvalue weighted by Crippen LogP contribution is -1.99. The average Bonchev–Trinajstić information content (AvgIpc) is 1.86. The Labute approximate surface area is 71.7 Å². The first-order valence-electron chi connectivity index (χ1n) is 4.61. The van der Waals surface area contributed by atoms with Crippen molar-refractivity contribution in [3.63, 3.8) is 0 Å². The van der Waals surface area contributed by atoms with Gasteiger partial charge in [-0.25, -0.2) is 0 Å². The summed E-state index contributed by atoms with van der Waals surface area (Å²) in [6.07, 6.45) is 8.16. The second-order valence-electron chi connectivity index (χ2n) is 3.59. The lowest BCUT2D eigenvalue weighted by Gasteiger charge is -2.11. The van der Waals surface area contributed by atoms with Crippen molar-refractivity contribution in [2.75, 3.05) is 0 Å². The summed E-state index contributed by atoms with van der Waals surface area (Å²) in [6.45, 7) is 10.6. The molecule has 0 aliphatic heterocycles. The van der Waals surface area contributed by atoms with Crippen molar-refractivity contribution in [1.82, 2.24) is 0 Å². The normalized spacial score (nSPS) is 14.6. The molecule has 0 bridgehead atoms. The van der Waals surface area contributed by atoms with Gasteiger partial charge in [-0.1, -0.05) is 32.9 Å². The van der Waals surface area contributed by atoms with Gasteiger partial charge in [-0.3, -0.25) is 0 Å². The van der Waals surface area contributed by atoms with Gasteiger partial charge in [0.15, 0.2) is 0 Å². The summed E-state index contributed by atoms with van der Waals surface area (Å²) in [6, 6.07) is 0. The number of rotatable bonds is 5. The topological polar surface area (TPSA) is 0 Å². The molecule has 0 aromatic heterocycles. The van der Waals surface area contributed by atoms with Crippen LogP contribution in [0.5, 0.6) is 0 Å². The van der Waals surface area contributed by atoms with Crippen molar-refractivity contribution in [2.45, 2.75) is 40.0 Å². The number of allylic oxidation sites excluding steroid dienone is 2. The Hall–Kier alpha value is -0.260. The van der Waals surface area contributed by atoms with Crippen molar-refractivity contribution in [3.05, 3.63) is 19.1 Å². The SMILES string of the molecule is [CH2]C(C)CC(C)CC/C=C/C. The lowest BCUT2D eigenvalue weighted by molar-refractivity contribution is 0.440. The van der Waals surface area contributed by atoms with Gasteiger partial charge in [0.2, 0.25) is 0 Å². The van der Waals surface area contributed by atoms with Crippen molar-refractivity contribution >= 4 is 0 Å². The van der Waals surface area contributed by atoms with E-state index in [1.54, 1.807) is 0 Å². The Morgan fingerprint density at radius 2 is 2.00 bits per heavy atom. The van der Waals surface area contributed by atoms with E-state index >= 15 is 0 Å². The molecule has 0 amide bonds. The molecule has 2 unspecified atom stereocenters. The molecule has 11 heavy (non-hydrogen) atoms. The third-order valence-corrected chi connectivity index (χ3v) is 1.87. The van der Waals surface area contributed by atoms with Crippen LogP contribution >= 0.6 is 0 Å². The van der Waals surface area contributed by atoms with Crippen LogP contribution in [-0.4, -0.2) is 0 Å². The summed E-state index contributed by atoms with van der Waals surface area (Å²) < 4.78 is 0. The summed E-state index contributed by atoms with van der Waals surface area (Å²) in [5, 5.41) is 0. The highest BCUT2D eigenvalue weighted by molar-refractivity contribution is 4.77. The molecule has 0 nitrogen and oxygen atoms in total. The standard InChI is InChI=1S/C11H21/c1-5-6-7-8-11(4)9-10(2)3/h5-6,10-11H,2,7-9H2,1,3-4H3/b6-5+. The van der Waals surface area contributed by atoms with Gasteiger partial charge in [-0.05, 0) is 38.0 Å². The Kier molecular flexibility index (Phi) is 6.30. The van der Waals surface area contributed by atoms with Crippen molar-refractivity contribution in [1.29, 1.82) is 0 Å². The van der Waals surface area contributed by atoms with Crippen LogP contribution in [0.4, 0.5) is 0 Å². The summed E-state index contributed by atoms with van der Waals surface area (Å²) >= 11 is 0. The lowest BCUT2D eigenvalue weighted by atomic mass is 9.95. The van der Waals surface area contributed by atoms with Crippen LogP contribution in [0.15, 0.2) is 12.2 Å². The van der Waals surface area contributed by atoms with Gasteiger partial charge in [0.1, 0.15) is 0 Å². The third kappa shape index (κ3) is 7.64. The molecule has 0 saturated heterocycles. The molecule has 0 rings (SSSR count). The summed E-state index contributed by atoms with van der Waals surface area (Å²) in [4.78, 5) is 0. The maximum Gasteiger partial charge on any atom is -0.0348 e. The summed E-state index contributed by atoms with van der Waals surface area (Å²) in [7, 11) is 0. The fourth-order valence-electron chi connectivity index (χ4n) is 1.35. The molecule has 0 heteroatoms. The smallest absolute Gasteiger partial charge is 0.0348 e. The predicted molar refractivity (Wildman–Crippen MR) is 52.4 cm³/mol. The van der Waals surface area contributed by atoms with Gasteiger partial charge in [0.25, 0.3) is 0 Å². The van der Waals surface area contributed by atoms with Crippen LogP contribution in [0.25, 0.3) is 0 Å². The van der Waals surface area contributed by atoms with E-state index in [4.69, 9.17) is 0 Å². The highest BCUT2D eigenvalue weighted by Crippen LogP contribution is 2.15. The second kappa shape index (κ2) is 6.45. The van der Waals surface area contributed by atoms with E-state index in [1.807, 2.05) is 0 Å². The summed E-state index contributed by atoms with van der Waals surface area (Å²) in [5.74, 6) is 1.44. The minimum Gasteiger partial charge on any atom is -0.0917 e. The predicted octanol–water partition coefficient (Wildman–Crippen LogP) is 3.84. The van der Waals surface area contributed by atoms with E-state index in [0.29, 0.717) is 5.92 Å². The Morgan fingerprint density at radius 3 is 2.45 bits per heavy atom. The molecule has 0 fully saturated rings. The van der Waals surface area contributed by atoms with Crippen LogP contribution in [0.1, 0.15) is 40.0 Å². The van der Waals surface area contributed by atoms with E-state index in [-0.39, 0.29) is 0 Å². The second-order valence-corrected chi connectivity index (χ2v) is 3.59. The fourth-order valence-corrected chi connectivity index (χ4v) is 1.35. The molecule has 0 saturated carbocycles. The zero-order chi connectivity index (χ0) is 8.69. The molecular weight excluding hydrogens is 132 g/mol. The Bertz CT molecular complexity index is 101. The van der Waals surface area contributed by atoms with Gasteiger partial charge in [-0.2, -0.15) is 0 Å². The fraction of sp³-hybridized carbons (Fsp3) is 0.727. The Balaban J connectivity index is 3.29. The van der Waals surface area contributed by atoms with Crippen LogP contribution in [0, 0.1) is 18.8 Å². The maximum absolute atomic E-state index is 3.99. The van der Waals surface area contributed by atoms with Crippen molar-refractivity contribution in [3.8, 4) is 0 Å². The molecule has 0 aliphatic carbocycles. The van der Waals surface area contributed by atoms with Gasteiger partial charge in [0.05, 0.1) is 0 Å². The number of hydrogen-bond donors (Lipinski definition) is 0. The van der Waals surface area contributed by atoms with E-state index in [9.17, 15) is 0 Å². The molecular formula is C11H21. The third-order valence-electron chi connectivity index (χ3n) is 1.87. The highest BCUT2D eigenvalue weighted by Gasteiger charge is 2.02.